The van der Waals surface area contributed by atoms with Gasteiger partial charge in [0, 0.05) is 7.05 Å². The topological polar surface area (TPSA) is 85.2 Å². The SMILES string of the molecule is Cc1ccc(C(C)N(C)C(=O)c2nonc2N)cc1. The fourth-order valence-electron chi connectivity index (χ4n) is 1.76. The van der Waals surface area contributed by atoms with Gasteiger partial charge in [0.2, 0.25) is 11.5 Å². The molecule has 0 spiro atoms. The molecule has 0 saturated carbocycles. The summed E-state index contributed by atoms with van der Waals surface area (Å²) < 4.78 is 4.45. The lowest BCUT2D eigenvalue weighted by atomic mass is 10.1. The summed E-state index contributed by atoms with van der Waals surface area (Å²) in [6.07, 6.45) is 0. The predicted octanol–water partition coefficient (Wildman–Crippen LogP) is 1.79. The number of amides is 1. The minimum Gasteiger partial charge on any atom is -0.379 e. The standard InChI is InChI=1S/C13H16N4O2/c1-8-4-6-10(7-5-8)9(2)17(3)13(18)11-12(14)16-19-15-11/h4-7,9H,1-3H3,(H2,14,16). The van der Waals surface area contributed by atoms with Crippen molar-refractivity contribution in [3.8, 4) is 0 Å². The van der Waals surface area contributed by atoms with E-state index in [9.17, 15) is 4.79 Å². The average molecular weight is 260 g/mol. The molecule has 2 N–H and O–H groups in total. The van der Waals surface area contributed by atoms with Gasteiger partial charge in [-0.05, 0) is 29.7 Å². The molecule has 1 aromatic heterocycles. The Morgan fingerprint density at radius 2 is 1.95 bits per heavy atom. The predicted molar refractivity (Wildman–Crippen MR) is 70.4 cm³/mol. The third-order valence-electron chi connectivity index (χ3n) is 3.18. The molecule has 0 aliphatic carbocycles. The summed E-state index contributed by atoms with van der Waals surface area (Å²) >= 11 is 0. The molecule has 1 heterocycles. The molecule has 0 radical (unpaired) electrons. The van der Waals surface area contributed by atoms with E-state index >= 15 is 0 Å². The smallest absolute Gasteiger partial charge is 0.280 e. The molecule has 0 aliphatic rings. The van der Waals surface area contributed by atoms with Gasteiger partial charge < -0.3 is 10.6 Å². The van der Waals surface area contributed by atoms with Crippen molar-refractivity contribution in [1.82, 2.24) is 15.2 Å². The molecule has 1 atom stereocenters. The zero-order valence-electron chi connectivity index (χ0n) is 11.1. The third-order valence-corrected chi connectivity index (χ3v) is 3.18. The van der Waals surface area contributed by atoms with Crippen molar-refractivity contribution in [3.05, 3.63) is 41.1 Å². The maximum Gasteiger partial charge on any atom is 0.280 e. The molecule has 2 rings (SSSR count). The van der Waals surface area contributed by atoms with E-state index in [0.29, 0.717) is 0 Å². The van der Waals surface area contributed by atoms with Crippen LogP contribution < -0.4 is 5.73 Å². The number of aromatic nitrogens is 2. The van der Waals surface area contributed by atoms with Crippen molar-refractivity contribution in [3.63, 3.8) is 0 Å². The van der Waals surface area contributed by atoms with Gasteiger partial charge in [-0.25, -0.2) is 4.63 Å². The Bertz CT molecular complexity index is 577. The van der Waals surface area contributed by atoms with Crippen molar-refractivity contribution in [2.24, 2.45) is 0 Å². The van der Waals surface area contributed by atoms with Crippen LogP contribution in [0.3, 0.4) is 0 Å². The summed E-state index contributed by atoms with van der Waals surface area (Å²) in [7, 11) is 1.70. The van der Waals surface area contributed by atoms with Crippen molar-refractivity contribution < 1.29 is 9.42 Å². The van der Waals surface area contributed by atoms with Gasteiger partial charge in [-0.1, -0.05) is 29.8 Å². The largest absolute Gasteiger partial charge is 0.379 e. The molecule has 19 heavy (non-hydrogen) atoms. The molecule has 1 aromatic carbocycles. The summed E-state index contributed by atoms with van der Waals surface area (Å²) in [4.78, 5) is 13.7. The first-order valence-corrected chi connectivity index (χ1v) is 5.92. The highest BCUT2D eigenvalue weighted by Crippen LogP contribution is 2.21. The minimum absolute atomic E-state index is 0.00737. The zero-order valence-corrected chi connectivity index (χ0v) is 11.1. The summed E-state index contributed by atoms with van der Waals surface area (Å²) in [6, 6.07) is 7.92. The van der Waals surface area contributed by atoms with Gasteiger partial charge in [-0.2, -0.15) is 0 Å². The van der Waals surface area contributed by atoms with E-state index in [2.05, 4.69) is 14.9 Å². The van der Waals surface area contributed by atoms with E-state index in [1.807, 2.05) is 38.1 Å². The molecule has 1 amide bonds. The molecule has 1 unspecified atom stereocenters. The second kappa shape index (κ2) is 5.09. The number of anilines is 1. The van der Waals surface area contributed by atoms with E-state index in [1.165, 1.54) is 5.56 Å². The van der Waals surface area contributed by atoms with Crippen LogP contribution in [0.2, 0.25) is 0 Å². The number of rotatable bonds is 3. The first-order chi connectivity index (χ1) is 9.00. The van der Waals surface area contributed by atoms with E-state index in [1.54, 1.807) is 11.9 Å². The molecule has 100 valence electrons. The minimum atomic E-state index is -0.313. The van der Waals surface area contributed by atoms with Crippen molar-refractivity contribution in [2.45, 2.75) is 19.9 Å². The van der Waals surface area contributed by atoms with Crippen molar-refractivity contribution in [2.75, 3.05) is 12.8 Å². The van der Waals surface area contributed by atoms with Crippen LogP contribution in [-0.4, -0.2) is 28.2 Å². The lowest BCUT2D eigenvalue weighted by Gasteiger charge is -2.24. The maximum atomic E-state index is 12.2. The highest BCUT2D eigenvalue weighted by molar-refractivity contribution is 5.96. The van der Waals surface area contributed by atoms with Gasteiger partial charge >= 0.3 is 0 Å². The fourth-order valence-corrected chi connectivity index (χ4v) is 1.76. The number of carbonyl (C=O) groups excluding carboxylic acids is 1. The fraction of sp³-hybridized carbons (Fsp3) is 0.308. The maximum absolute atomic E-state index is 12.2. The van der Waals surface area contributed by atoms with Crippen LogP contribution in [0.15, 0.2) is 28.9 Å². The molecular weight excluding hydrogens is 244 g/mol. The number of nitrogens with zero attached hydrogens (tertiary/aromatic N) is 3. The van der Waals surface area contributed by atoms with Crippen molar-refractivity contribution >= 4 is 11.7 Å². The van der Waals surface area contributed by atoms with Crippen LogP contribution >= 0.6 is 0 Å². The first kappa shape index (κ1) is 13.1. The highest BCUT2D eigenvalue weighted by Gasteiger charge is 2.24. The van der Waals surface area contributed by atoms with E-state index in [0.717, 1.165) is 5.56 Å². The quantitative estimate of drug-likeness (QED) is 0.909. The van der Waals surface area contributed by atoms with Crippen LogP contribution in [0.4, 0.5) is 5.82 Å². The van der Waals surface area contributed by atoms with Gasteiger partial charge in [0.15, 0.2) is 0 Å². The van der Waals surface area contributed by atoms with Crippen LogP contribution in [0, 0.1) is 6.92 Å². The molecule has 0 saturated heterocycles. The Kier molecular flexibility index (Phi) is 3.50. The highest BCUT2D eigenvalue weighted by atomic mass is 16.6. The van der Waals surface area contributed by atoms with Gasteiger partial charge in [0.1, 0.15) is 0 Å². The lowest BCUT2D eigenvalue weighted by molar-refractivity contribution is 0.0732. The summed E-state index contributed by atoms with van der Waals surface area (Å²) in [5.74, 6) is -0.306. The number of hydrogen-bond acceptors (Lipinski definition) is 5. The van der Waals surface area contributed by atoms with Gasteiger partial charge in [0.25, 0.3) is 5.91 Å². The van der Waals surface area contributed by atoms with Gasteiger partial charge in [-0.3, -0.25) is 4.79 Å². The second-order valence-electron chi connectivity index (χ2n) is 4.50. The van der Waals surface area contributed by atoms with E-state index in [4.69, 9.17) is 5.73 Å². The van der Waals surface area contributed by atoms with E-state index < -0.39 is 0 Å². The molecule has 0 fully saturated rings. The molecule has 0 bridgehead atoms. The molecule has 2 aromatic rings. The van der Waals surface area contributed by atoms with Crippen LogP contribution in [0.1, 0.15) is 34.6 Å². The first-order valence-electron chi connectivity index (χ1n) is 5.92. The molecule has 6 heteroatoms. The Morgan fingerprint density at radius 3 is 2.47 bits per heavy atom. The number of aryl methyl sites for hydroxylation is 1. The number of carbonyl (C=O) groups is 1. The monoisotopic (exact) mass is 260 g/mol. The zero-order chi connectivity index (χ0) is 14.0. The summed E-state index contributed by atoms with van der Waals surface area (Å²) in [6.45, 7) is 3.96. The third kappa shape index (κ3) is 2.57. The lowest BCUT2D eigenvalue weighted by Crippen LogP contribution is -2.30. The molecular formula is C13H16N4O2. The second-order valence-corrected chi connectivity index (χ2v) is 4.50. The van der Waals surface area contributed by atoms with Crippen LogP contribution in [-0.2, 0) is 0 Å². The molecule has 0 aliphatic heterocycles. The number of hydrogen-bond donors (Lipinski definition) is 1. The van der Waals surface area contributed by atoms with Crippen LogP contribution in [0.25, 0.3) is 0 Å². The summed E-state index contributed by atoms with van der Waals surface area (Å²) in [5, 5.41) is 6.93. The van der Waals surface area contributed by atoms with Crippen LogP contribution in [0.5, 0.6) is 0 Å². The molecule has 6 nitrogen and oxygen atoms in total. The Morgan fingerprint density at radius 1 is 1.32 bits per heavy atom. The van der Waals surface area contributed by atoms with Gasteiger partial charge in [-0.15, -0.1) is 0 Å². The number of benzene rings is 1. The van der Waals surface area contributed by atoms with Gasteiger partial charge in [0.05, 0.1) is 6.04 Å². The normalized spacial score (nSPS) is 12.2. The van der Waals surface area contributed by atoms with E-state index in [-0.39, 0.29) is 23.5 Å². The Balaban J connectivity index is 2.19. The average Bonchev–Trinajstić information content (AvgIpc) is 2.83. The summed E-state index contributed by atoms with van der Waals surface area (Å²) in [5.41, 5.74) is 7.78. The Hall–Kier alpha value is -2.37. The van der Waals surface area contributed by atoms with Crippen molar-refractivity contribution in [1.29, 1.82) is 0 Å². The Labute approximate surface area is 111 Å². The number of nitrogen functional groups attached to an aromatic ring is 1. The number of nitrogens with two attached hydrogens (primary N) is 1.